The van der Waals surface area contributed by atoms with E-state index < -0.39 is 0 Å². The number of esters is 2. The fourth-order valence-electron chi connectivity index (χ4n) is 1.13. The highest BCUT2D eigenvalue weighted by atomic mass is 16.6. The summed E-state index contributed by atoms with van der Waals surface area (Å²) in [6.45, 7) is 7.29. The smallest absolute Gasteiger partial charge is 0.306 e. The standard InChI is InChI=1S/C12H22O4/c1-5-7-11(13)15-9(3)10(4)16-12(14)8-6-2/h9-10H,5-8H2,1-4H3/t9-,10+. The average Bonchev–Trinajstić information content (AvgIpc) is 2.17. The summed E-state index contributed by atoms with van der Waals surface area (Å²) in [7, 11) is 0. The predicted molar refractivity (Wildman–Crippen MR) is 60.9 cm³/mol. The van der Waals surface area contributed by atoms with E-state index in [9.17, 15) is 9.59 Å². The molecule has 0 N–H and O–H groups in total. The molecule has 0 aromatic rings. The van der Waals surface area contributed by atoms with Crippen LogP contribution in [0.5, 0.6) is 0 Å². The Hall–Kier alpha value is -1.06. The Morgan fingerprint density at radius 3 is 1.44 bits per heavy atom. The van der Waals surface area contributed by atoms with E-state index in [2.05, 4.69) is 0 Å². The summed E-state index contributed by atoms with van der Waals surface area (Å²) in [5, 5.41) is 0. The topological polar surface area (TPSA) is 52.6 Å². The van der Waals surface area contributed by atoms with Crippen molar-refractivity contribution in [2.45, 2.75) is 65.6 Å². The molecule has 0 rings (SSSR count). The largest absolute Gasteiger partial charge is 0.459 e. The number of carbonyl (C=O) groups excluding carboxylic acids is 2. The molecule has 0 spiro atoms. The first kappa shape index (κ1) is 14.9. The Labute approximate surface area is 97.3 Å². The van der Waals surface area contributed by atoms with Gasteiger partial charge in [0, 0.05) is 12.8 Å². The van der Waals surface area contributed by atoms with Crippen molar-refractivity contribution in [3.8, 4) is 0 Å². The summed E-state index contributed by atoms with van der Waals surface area (Å²) < 4.78 is 10.2. The van der Waals surface area contributed by atoms with Crippen molar-refractivity contribution in [2.24, 2.45) is 0 Å². The van der Waals surface area contributed by atoms with Gasteiger partial charge in [-0.3, -0.25) is 9.59 Å². The lowest BCUT2D eigenvalue weighted by Gasteiger charge is -2.20. The highest BCUT2D eigenvalue weighted by Gasteiger charge is 2.19. The zero-order chi connectivity index (χ0) is 12.6. The predicted octanol–water partition coefficient (Wildman–Crippen LogP) is 2.45. The summed E-state index contributed by atoms with van der Waals surface area (Å²) >= 11 is 0. The van der Waals surface area contributed by atoms with Crippen molar-refractivity contribution in [1.82, 2.24) is 0 Å². The maximum atomic E-state index is 11.2. The van der Waals surface area contributed by atoms with Crippen molar-refractivity contribution >= 4 is 11.9 Å². The van der Waals surface area contributed by atoms with Gasteiger partial charge in [-0.2, -0.15) is 0 Å². The van der Waals surface area contributed by atoms with E-state index >= 15 is 0 Å². The van der Waals surface area contributed by atoms with E-state index in [4.69, 9.17) is 9.47 Å². The van der Waals surface area contributed by atoms with E-state index in [1.165, 1.54) is 0 Å². The lowest BCUT2D eigenvalue weighted by molar-refractivity contribution is -0.165. The Balaban J connectivity index is 3.93. The summed E-state index contributed by atoms with van der Waals surface area (Å²) in [5.41, 5.74) is 0. The van der Waals surface area contributed by atoms with Crippen molar-refractivity contribution in [1.29, 1.82) is 0 Å². The van der Waals surface area contributed by atoms with Gasteiger partial charge in [0.2, 0.25) is 0 Å². The minimum absolute atomic E-state index is 0.242. The van der Waals surface area contributed by atoms with Gasteiger partial charge in [-0.1, -0.05) is 13.8 Å². The molecule has 94 valence electrons. The van der Waals surface area contributed by atoms with Crippen molar-refractivity contribution in [2.75, 3.05) is 0 Å². The van der Waals surface area contributed by atoms with Gasteiger partial charge in [-0.15, -0.1) is 0 Å². The first-order valence-corrected chi connectivity index (χ1v) is 5.90. The molecule has 0 aromatic heterocycles. The molecule has 0 aromatic carbocycles. The molecular formula is C12H22O4. The highest BCUT2D eigenvalue weighted by Crippen LogP contribution is 2.07. The van der Waals surface area contributed by atoms with Crippen LogP contribution in [0.15, 0.2) is 0 Å². The molecule has 4 heteroatoms. The van der Waals surface area contributed by atoms with Crippen LogP contribution in [0.4, 0.5) is 0 Å². The van der Waals surface area contributed by atoms with Crippen LogP contribution >= 0.6 is 0 Å². The summed E-state index contributed by atoms with van der Waals surface area (Å²) in [6.07, 6.45) is 1.55. The second-order valence-corrected chi connectivity index (χ2v) is 3.89. The van der Waals surface area contributed by atoms with Crippen LogP contribution in [0.2, 0.25) is 0 Å². The van der Waals surface area contributed by atoms with Crippen LogP contribution in [0.3, 0.4) is 0 Å². The molecule has 0 saturated carbocycles. The third-order valence-electron chi connectivity index (χ3n) is 2.20. The summed E-state index contributed by atoms with van der Waals surface area (Å²) in [5.74, 6) is -0.484. The Kier molecular flexibility index (Phi) is 7.60. The quantitative estimate of drug-likeness (QED) is 0.630. The van der Waals surface area contributed by atoms with Gasteiger partial charge in [0.05, 0.1) is 0 Å². The van der Waals surface area contributed by atoms with Crippen molar-refractivity contribution in [3.63, 3.8) is 0 Å². The number of carbonyl (C=O) groups is 2. The van der Waals surface area contributed by atoms with Gasteiger partial charge >= 0.3 is 11.9 Å². The summed E-state index contributed by atoms with van der Waals surface area (Å²) in [4.78, 5) is 22.4. The van der Waals surface area contributed by atoms with E-state index in [-0.39, 0.29) is 24.1 Å². The van der Waals surface area contributed by atoms with Crippen LogP contribution in [0.25, 0.3) is 0 Å². The SMILES string of the molecule is CCCC(=O)O[C@@H](C)[C@@H](C)OC(=O)CCC. The Morgan fingerprint density at radius 2 is 1.19 bits per heavy atom. The third kappa shape index (κ3) is 6.43. The molecule has 0 heterocycles. The molecule has 2 atom stereocenters. The molecule has 0 amide bonds. The van der Waals surface area contributed by atoms with Crippen LogP contribution < -0.4 is 0 Å². The zero-order valence-electron chi connectivity index (χ0n) is 10.6. The average molecular weight is 230 g/mol. The molecule has 0 radical (unpaired) electrons. The molecule has 0 aliphatic heterocycles. The lowest BCUT2D eigenvalue weighted by atomic mass is 10.2. The molecule has 0 saturated heterocycles. The van der Waals surface area contributed by atoms with E-state index in [0.29, 0.717) is 12.8 Å². The van der Waals surface area contributed by atoms with Gasteiger partial charge in [0.1, 0.15) is 12.2 Å². The second kappa shape index (κ2) is 8.13. The number of ether oxygens (including phenoxy) is 2. The molecule has 4 nitrogen and oxygen atoms in total. The second-order valence-electron chi connectivity index (χ2n) is 3.89. The molecule has 0 unspecified atom stereocenters. The monoisotopic (exact) mass is 230 g/mol. The van der Waals surface area contributed by atoms with Gasteiger partial charge in [0.15, 0.2) is 0 Å². The number of hydrogen-bond acceptors (Lipinski definition) is 4. The fraction of sp³-hybridized carbons (Fsp3) is 0.833. The molecular weight excluding hydrogens is 208 g/mol. The molecule has 0 aliphatic rings. The van der Waals surface area contributed by atoms with Crippen LogP contribution in [-0.2, 0) is 19.1 Å². The zero-order valence-corrected chi connectivity index (χ0v) is 10.6. The van der Waals surface area contributed by atoms with Crippen molar-refractivity contribution < 1.29 is 19.1 Å². The minimum Gasteiger partial charge on any atom is -0.459 e. The Morgan fingerprint density at radius 1 is 0.875 bits per heavy atom. The van der Waals surface area contributed by atoms with Crippen LogP contribution in [0, 0.1) is 0 Å². The van der Waals surface area contributed by atoms with E-state index in [1.807, 2.05) is 13.8 Å². The van der Waals surface area contributed by atoms with Gasteiger partial charge in [-0.25, -0.2) is 0 Å². The molecule has 16 heavy (non-hydrogen) atoms. The summed E-state index contributed by atoms with van der Waals surface area (Å²) in [6, 6.07) is 0. The van der Waals surface area contributed by atoms with Gasteiger partial charge in [-0.05, 0) is 26.7 Å². The number of rotatable bonds is 7. The van der Waals surface area contributed by atoms with Crippen LogP contribution in [-0.4, -0.2) is 24.1 Å². The minimum atomic E-state index is -0.389. The molecule has 0 bridgehead atoms. The molecule has 0 aliphatic carbocycles. The lowest BCUT2D eigenvalue weighted by Crippen LogP contribution is -2.30. The van der Waals surface area contributed by atoms with Crippen LogP contribution in [0.1, 0.15) is 53.4 Å². The normalized spacial score (nSPS) is 14.0. The maximum Gasteiger partial charge on any atom is 0.306 e. The highest BCUT2D eigenvalue weighted by molar-refractivity contribution is 5.70. The van der Waals surface area contributed by atoms with Gasteiger partial charge < -0.3 is 9.47 Å². The first-order valence-electron chi connectivity index (χ1n) is 5.90. The van der Waals surface area contributed by atoms with Crippen molar-refractivity contribution in [3.05, 3.63) is 0 Å². The van der Waals surface area contributed by atoms with E-state index in [1.54, 1.807) is 13.8 Å². The maximum absolute atomic E-state index is 11.2. The van der Waals surface area contributed by atoms with E-state index in [0.717, 1.165) is 12.8 Å². The fourth-order valence-corrected chi connectivity index (χ4v) is 1.13. The Bertz CT molecular complexity index is 201. The molecule has 0 fully saturated rings. The van der Waals surface area contributed by atoms with Gasteiger partial charge in [0.25, 0.3) is 0 Å². The third-order valence-corrected chi connectivity index (χ3v) is 2.20. The number of hydrogen-bond donors (Lipinski definition) is 0. The first-order chi connectivity index (χ1) is 7.51.